The van der Waals surface area contributed by atoms with E-state index in [0.717, 1.165) is 0 Å². The summed E-state index contributed by atoms with van der Waals surface area (Å²) in [6, 6.07) is 0. The number of hydrogen-bond acceptors (Lipinski definition) is 4. The second-order valence-corrected chi connectivity index (χ2v) is 5.04. The van der Waals surface area contributed by atoms with E-state index in [2.05, 4.69) is 5.10 Å². The summed E-state index contributed by atoms with van der Waals surface area (Å²) in [5.74, 6) is -0.816. The lowest BCUT2D eigenvalue weighted by Gasteiger charge is -2.24. The van der Waals surface area contributed by atoms with Gasteiger partial charge >= 0.3 is 12.1 Å². The minimum atomic E-state index is -1.10. The van der Waals surface area contributed by atoms with Crippen molar-refractivity contribution in [2.45, 2.75) is 32.9 Å². The maximum Gasteiger partial charge on any atom is 0.416 e. The van der Waals surface area contributed by atoms with E-state index in [1.54, 1.807) is 20.8 Å². The third-order valence-corrected chi connectivity index (χ3v) is 2.45. The summed E-state index contributed by atoms with van der Waals surface area (Å²) in [5.41, 5.74) is -0.605. The monoisotopic (exact) mass is 253 g/mol. The molecule has 0 atom stereocenters. The molecule has 1 aliphatic rings. The summed E-state index contributed by atoms with van der Waals surface area (Å²) in [4.78, 5) is 24.3. The maximum atomic E-state index is 12.0. The zero-order valence-corrected chi connectivity index (χ0v) is 10.5. The molecule has 7 heteroatoms. The van der Waals surface area contributed by atoms with Crippen LogP contribution in [0.3, 0.4) is 0 Å². The average molecular weight is 253 g/mol. The van der Waals surface area contributed by atoms with Crippen LogP contribution >= 0.6 is 0 Å². The van der Waals surface area contributed by atoms with Gasteiger partial charge in [-0.05, 0) is 20.8 Å². The molecule has 1 amide bonds. The van der Waals surface area contributed by atoms with E-state index in [-0.39, 0.29) is 11.4 Å². The molecule has 1 aromatic heterocycles. The van der Waals surface area contributed by atoms with E-state index in [1.165, 1.54) is 15.8 Å². The highest BCUT2D eigenvalue weighted by Gasteiger charge is 2.33. The number of aromatic nitrogens is 2. The molecule has 1 aromatic rings. The van der Waals surface area contributed by atoms with Crippen molar-refractivity contribution >= 4 is 17.9 Å². The van der Waals surface area contributed by atoms with Crippen molar-refractivity contribution < 1.29 is 19.4 Å². The van der Waals surface area contributed by atoms with E-state index in [4.69, 9.17) is 9.84 Å². The summed E-state index contributed by atoms with van der Waals surface area (Å²) >= 11 is 0. The molecule has 1 aliphatic heterocycles. The Morgan fingerprint density at radius 3 is 2.61 bits per heavy atom. The van der Waals surface area contributed by atoms with Crippen molar-refractivity contribution in [3.63, 3.8) is 0 Å². The number of hydrogen-bond donors (Lipinski definition) is 1. The fourth-order valence-corrected chi connectivity index (χ4v) is 1.77. The molecule has 0 bridgehead atoms. The Kier molecular flexibility index (Phi) is 2.76. The van der Waals surface area contributed by atoms with Crippen molar-refractivity contribution in [1.29, 1.82) is 0 Å². The van der Waals surface area contributed by atoms with Crippen molar-refractivity contribution in [2.75, 3.05) is 11.4 Å². The topological polar surface area (TPSA) is 84.7 Å². The van der Waals surface area contributed by atoms with Crippen LogP contribution in [0.15, 0.2) is 6.20 Å². The van der Waals surface area contributed by atoms with Gasteiger partial charge in [0.25, 0.3) is 0 Å². The third kappa shape index (κ3) is 2.15. The summed E-state index contributed by atoms with van der Waals surface area (Å²) in [7, 11) is 0. The number of nitrogens with zero attached hydrogens (tertiary/aromatic N) is 3. The standard InChI is InChI=1S/C11H15N3O4/c1-11(2,3)18-10(17)13-4-5-14-8(13)7(6-12-14)9(15)16/h6H,4-5H2,1-3H3,(H,15,16). The van der Waals surface area contributed by atoms with Crippen molar-refractivity contribution in [1.82, 2.24) is 9.78 Å². The first-order valence-corrected chi connectivity index (χ1v) is 5.59. The SMILES string of the molecule is CC(C)(C)OC(=O)N1CCn2ncc(C(=O)O)c21. The van der Waals surface area contributed by atoms with Crippen molar-refractivity contribution in [3.05, 3.63) is 11.8 Å². The van der Waals surface area contributed by atoms with Crippen LogP contribution in [0.5, 0.6) is 0 Å². The number of carboxylic acid groups (broad SMARTS) is 1. The van der Waals surface area contributed by atoms with Gasteiger partial charge < -0.3 is 9.84 Å². The molecule has 0 radical (unpaired) electrons. The van der Waals surface area contributed by atoms with Crippen LogP contribution in [0, 0.1) is 0 Å². The summed E-state index contributed by atoms with van der Waals surface area (Å²) in [5, 5.41) is 13.0. The number of carbonyl (C=O) groups is 2. The highest BCUT2D eigenvalue weighted by atomic mass is 16.6. The minimum absolute atomic E-state index is 0.0124. The molecule has 2 rings (SSSR count). The Labute approximate surface area is 104 Å². The third-order valence-electron chi connectivity index (χ3n) is 2.45. The van der Waals surface area contributed by atoms with Crippen LogP contribution in [0.2, 0.25) is 0 Å². The zero-order chi connectivity index (χ0) is 13.5. The van der Waals surface area contributed by atoms with Crippen LogP contribution in [-0.2, 0) is 11.3 Å². The van der Waals surface area contributed by atoms with Crippen LogP contribution in [0.1, 0.15) is 31.1 Å². The Balaban J connectivity index is 2.28. The normalized spacial score (nSPS) is 14.5. The Bertz CT molecular complexity index is 501. The molecule has 2 heterocycles. The minimum Gasteiger partial charge on any atom is -0.477 e. The van der Waals surface area contributed by atoms with E-state index < -0.39 is 17.7 Å². The number of carboxylic acids is 1. The van der Waals surface area contributed by atoms with Gasteiger partial charge in [-0.15, -0.1) is 0 Å². The van der Waals surface area contributed by atoms with Crippen molar-refractivity contribution in [3.8, 4) is 0 Å². The number of aromatic carboxylic acids is 1. The van der Waals surface area contributed by atoms with Gasteiger partial charge in [-0.2, -0.15) is 5.10 Å². The van der Waals surface area contributed by atoms with Crippen LogP contribution < -0.4 is 4.90 Å². The Morgan fingerprint density at radius 1 is 1.39 bits per heavy atom. The molecule has 0 fully saturated rings. The first kappa shape index (κ1) is 12.4. The van der Waals surface area contributed by atoms with Gasteiger partial charge in [-0.25, -0.2) is 14.3 Å². The predicted octanol–water partition coefficient (Wildman–Crippen LogP) is 1.34. The van der Waals surface area contributed by atoms with Gasteiger partial charge in [0.05, 0.1) is 19.3 Å². The van der Waals surface area contributed by atoms with E-state index >= 15 is 0 Å². The van der Waals surface area contributed by atoms with Gasteiger partial charge in [0.15, 0.2) is 5.82 Å². The number of fused-ring (bicyclic) bond motifs is 1. The van der Waals surface area contributed by atoms with Crippen LogP contribution in [0.25, 0.3) is 0 Å². The molecule has 7 nitrogen and oxygen atoms in total. The summed E-state index contributed by atoms with van der Waals surface area (Å²) in [6.45, 7) is 6.13. The first-order valence-electron chi connectivity index (χ1n) is 5.59. The Hall–Kier alpha value is -2.05. The molecule has 18 heavy (non-hydrogen) atoms. The first-order chi connectivity index (χ1) is 8.29. The molecule has 0 unspecified atom stereocenters. The fraction of sp³-hybridized carbons (Fsp3) is 0.545. The lowest BCUT2D eigenvalue weighted by molar-refractivity contribution is 0.0584. The highest BCUT2D eigenvalue weighted by Crippen LogP contribution is 2.27. The van der Waals surface area contributed by atoms with Gasteiger partial charge in [0, 0.05) is 0 Å². The van der Waals surface area contributed by atoms with Crippen LogP contribution in [0.4, 0.5) is 10.6 Å². The number of ether oxygens (including phenoxy) is 1. The van der Waals surface area contributed by atoms with Gasteiger partial charge in [0.2, 0.25) is 0 Å². The van der Waals surface area contributed by atoms with E-state index in [9.17, 15) is 9.59 Å². The number of anilines is 1. The molecule has 0 aromatic carbocycles. The molecule has 0 saturated heterocycles. The van der Waals surface area contributed by atoms with E-state index in [0.29, 0.717) is 13.1 Å². The molecular weight excluding hydrogens is 238 g/mol. The van der Waals surface area contributed by atoms with Gasteiger partial charge in [0.1, 0.15) is 11.2 Å². The smallest absolute Gasteiger partial charge is 0.416 e. The number of rotatable bonds is 1. The molecule has 0 spiro atoms. The average Bonchev–Trinajstić information content (AvgIpc) is 2.71. The number of amides is 1. The lowest BCUT2D eigenvalue weighted by atomic mass is 10.2. The maximum absolute atomic E-state index is 12.0. The second kappa shape index (κ2) is 4.01. The van der Waals surface area contributed by atoms with Crippen LogP contribution in [-0.4, -0.2) is 39.1 Å². The zero-order valence-electron chi connectivity index (χ0n) is 10.5. The fourth-order valence-electron chi connectivity index (χ4n) is 1.77. The largest absolute Gasteiger partial charge is 0.477 e. The van der Waals surface area contributed by atoms with Gasteiger partial charge in [-0.1, -0.05) is 0 Å². The Morgan fingerprint density at radius 2 is 2.06 bits per heavy atom. The lowest BCUT2D eigenvalue weighted by Crippen LogP contribution is -2.36. The second-order valence-electron chi connectivity index (χ2n) is 5.04. The molecule has 1 N–H and O–H groups in total. The highest BCUT2D eigenvalue weighted by molar-refractivity contribution is 5.99. The summed E-state index contributed by atoms with van der Waals surface area (Å²) in [6.07, 6.45) is 0.693. The van der Waals surface area contributed by atoms with Crippen molar-refractivity contribution in [2.24, 2.45) is 0 Å². The molecule has 0 saturated carbocycles. The molecular formula is C11H15N3O4. The summed E-state index contributed by atoms with van der Waals surface area (Å²) < 4.78 is 6.73. The quantitative estimate of drug-likeness (QED) is 0.816. The number of carbonyl (C=O) groups excluding carboxylic acids is 1. The van der Waals surface area contributed by atoms with Gasteiger partial charge in [-0.3, -0.25) is 4.90 Å². The predicted molar refractivity (Wildman–Crippen MR) is 62.8 cm³/mol. The molecule has 0 aliphatic carbocycles. The molecule has 98 valence electrons. The van der Waals surface area contributed by atoms with E-state index in [1.807, 2.05) is 0 Å².